The standard InChI is InChI=1S/C16H16N2O3.C15H13N3O5/c1-11-5-3-6-12(9-11)16(20)18-17-10-13-7-4-8-14(21-2)15(13)19;1-23-13-4-2-3-11(14(13)19)9-16-17-15(20)10-5-7-12(8-6-10)18(21)22/h3-10,19H,1-2H3,(H,18,20);2-9,19H,1H3,(H,17,20)/b17-10-;16-9-. The molecule has 0 aliphatic heterocycles. The molecule has 13 nitrogen and oxygen atoms in total. The van der Waals surface area contributed by atoms with E-state index in [1.165, 1.54) is 50.9 Å². The van der Waals surface area contributed by atoms with E-state index in [1.54, 1.807) is 48.5 Å². The number of phenols is 2. The average Bonchev–Trinajstić information content (AvgIpc) is 3.03. The summed E-state index contributed by atoms with van der Waals surface area (Å²) in [6.45, 7) is 1.91. The number of hydrogen-bond donors (Lipinski definition) is 4. The van der Waals surface area contributed by atoms with E-state index in [9.17, 15) is 29.9 Å². The summed E-state index contributed by atoms with van der Waals surface area (Å²) in [4.78, 5) is 33.7. The SMILES string of the molecule is COc1cccc(/C=N\NC(=O)c2ccc([N+](=O)[O-])cc2)c1O.COc1cccc(/C=N\NC(=O)c2cccc(C)c2)c1O. The number of aryl methyl sites for hydroxylation is 1. The number of para-hydroxylation sites is 2. The van der Waals surface area contributed by atoms with Crippen LogP contribution in [0.4, 0.5) is 5.69 Å². The number of hydrazone groups is 2. The summed E-state index contributed by atoms with van der Waals surface area (Å²) >= 11 is 0. The molecule has 0 aliphatic rings. The van der Waals surface area contributed by atoms with Crippen molar-refractivity contribution in [2.75, 3.05) is 14.2 Å². The number of amides is 2. The fraction of sp³-hybridized carbons (Fsp3) is 0.0968. The van der Waals surface area contributed by atoms with Crippen LogP contribution in [0.25, 0.3) is 0 Å². The van der Waals surface area contributed by atoms with Crippen LogP contribution in [-0.2, 0) is 0 Å². The number of phenolic OH excluding ortho intramolecular Hbond substituents is 2. The maximum absolute atomic E-state index is 11.9. The number of methoxy groups -OCH3 is 2. The maximum atomic E-state index is 11.9. The van der Waals surface area contributed by atoms with Crippen LogP contribution in [0.15, 0.2) is 95.1 Å². The van der Waals surface area contributed by atoms with Crippen LogP contribution in [0.1, 0.15) is 37.4 Å². The number of hydrogen-bond acceptors (Lipinski definition) is 10. The second-order valence-electron chi connectivity index (χ2n) is 8.87. The highest BCUT2D eigenvalue weighted by Crippen LogP contribution is 2.28. The molecule has 0 unspecified atom stereocenters. The molecule has 4 aromatic carbocycles. The molecular formula is C31H29N5O8. The zero-order valence-corrected chi connectivity index (χ0v) is 23.9. The maximum Gasteiger partial charge on any atom is 0.271 e. The zero-order chi connectivity index (χ0) is 32.1. The Morgan fingerprint density at radius 3 is 1.68 bits per heavy atom. The summed E-state index contributed by atoms with van der Waals surface area (Å²) < 4.78 is 9.96. The number of rotatable bonds is 9. The lowest BCUT2D eigenvalue weighted by Crippen LogP contribution is -2.17. The van der Waals surface area contributed by atoms with Gasteiger partial charge in [-0.05, 0) is 55.5 Å². The van der Waals surface area contributed by atoms with E-state index in [0.29, 0.717) is 22.4 Å². The largest absolute Gasteiger partial charge is 0.504 e. The Morgan fingerprint density at radius 1 is 0.750 bits per heavy atom. The molecule has 4 N–H and O–H groups in total. The first kappa shape index (κ1) is 32.3. The van der Waals surface area contributed by atoms with Crippen LogP contribution in [0.5, 0.6) is 23.0 Å². The molecule has 4 aromatic rings. The molecule has 0 bridgehead atoms. The monoisotopic (exact) mass is 599 g/mol. The second kappa shape index (κ2) is 15.7. The molecule has 226 valence electrons. The number of benzene rings is 4. The summed E-state index contributed by atoms with van der Waals surface area (Å²) in [5.41, 5.74) is 7.16. The number of nitrogens with one attached hydrogen (secondary N) is 2. The third-order valence-electron chi connectivity index (χ3n) is 5.86. The Morgan fingerprint density at radius 2 is 1.23 bits per heavy atom. The highest BCUT2D eigenvalue weighted by atomic mass is 16.6. The number of nitro groups is 1. The normalized spacial score (nSPS) is 10.5. The summed E-state index contributed by atoms with van der Waals surface area (Å²) in [6, 6.07) is 22.2. The number of carbonyl (C=O) groups excluding carboxylic acids is 2. The fourth-order valence-electron chi connectivity index (χ4n) is 3.59. The third kappa shape index (κ3) is 8.88. The van der Waals surface area contributed by atoms with Gasteiger partial charge in [-0.3, -0.25) is 19.7 Å². The number of non-ortho nitro benzene ring substituents is 1. The van der Waals surface area contributed by atoms with Crippen molar-refractivity contribution < 1.29 is 34.2 Å². The molecule has 0 radical (unpaired) electrons. The van der Waals surface area contributed by atoms with Gasteiger partial charge in [0, 0.05) is 34.4 Å². The molecule has 0 fully saturated rings. The van der Waals surface area contributed by atoms with Gasteiger partial charge in [-0.2, -0.15) is 10.2 Å². The first-order chi connectivity index (χ1) is 21.1. The Labute approximate surface area is 252 Å². The predicted molar refractivity (Wildman–Crippen MR) is 164 cm³/mol. The highest BCUT2D eigenvalue weighted by molar-refractivity contribution is 5.96. The number of aromatic hydroxyl groups is 2. The van der Waals surface area contributed by atoms with Crippen molar-refractivity contribution in [1.29, 1.82) is 0 Å². The van der Waals surface area contributed by atoms with Gasteiger partial charge in [0.1, 0.15) is 0 Å². The molecule has 0 saturated carbocycles. The van der Waals surface area contributed by atoms with Gasteiger partial charge in [0.2, 0.25) is 0 Å². The Bertz CT molecular complexity index is 1690. The van der Waals surface area contributed by atoms with Crippen molar-refractivity contribution in [2.45, 2.75) is 6.92 Å². The van der Waals surface area contributed by atoms with E-state index < -0.39 is 10.8 Å². The first-order valence-electron chi connectivity index (χ1n) is 12.8. The van der Waals surface area contributed by atoms with Crippen LogP contribution in [0.3, 0.4) is 0 Å². The first-order valence-corrected chi connectivity index (χ1v) is 12.8. The highest BCUT2D eigenvalue weighted by Gasteiger charge is 2.10. The minimum absolute atomic E-state index is 0.0199. The molecule has 13 heteroatoms. The van der Waals surface area contributed by atoms with Gasteiger partial charge in [0.05, 0.1) is 31.6 Å². The van der Waals surface area contributed by atoms with E-state index in [1.807, 2.05) is 19.1 Å². The second-order valence-corrected chi connectivity index (χ2v) is 8.87. The topological polar surface area (TPSA) is 185 Å². The molecule has 2 amide bonds. The molecular weight excluding hydrogens is 570 g/mol. The van der Waals surface area contributed by atoms with E-state index in [4.69, 9.17) is 9.47 Å². The predicted octanol–water partition coefficient (Wildman–Crippen LogP) is 4.55. The van der Waals surface area contributed by atoms with Crippen molar-refractivity contribution >= 4 is 29.9 Å². The van der Waals surface area contributed by atoms with Gasteiger partial charge in [0.15, 0.2) is 23.0 Å². The van der Waals surface area contributed by atoms with Gasteiger partial charge in [-0.15, -0.1) is 0 Å². The smallest absolute Gasteiger partial charge is 0.271 e. The van der Waals surface area contributed by atoms with Gasteiger partial charge in [-0.1, -0.05) is 29.8 Å². The number of nitro benzene ring substituents is 1. The lowest BCUT2D eigenvalue weighted by molar-refractivity contribution is -0.384. The minimum Gasteiger partial charge on any atom is -0.504 e. The number of ether oxygens (including phenoxy) is 2. The molecule has 0 aromatic heterocycles. The Hall–Kier alpha value is -6.24. The van der Waals surface area contributed by atoms with Crippen LogP contribution in [0, 0.1) is 17.0 Å². The van der Waals surface area contributed by atoms with E-state index in [2.05, 4.69) is 21.1 Å². The van der Waals surface area contributed by atoms with Crippen molar-refractivity contribution in [2.24, 2.45) is 10.2 Å². The van der Waals surface area contributed by atoms with E-state index >= 15 is 0 Å². The van der Waals surface area contributed by atoms with Gasteiger partial charge < -0.3 is 19.7 Å². The fourth-order valence-corrected chi connectivity index (χ4v) is 3.59. The quantitative estimate of drug-likeness (QED) is 0.123. The van der Waals surface area contributed by atoms with Crippen LogP contribution in [0.2, 0.25) is 0 Å². The lowest BCUT2D eigenvalue weighted by atomic mass is 10.1. The van der Waals surface area contributed by atoms with Crippen LogP contribution in [-0.4, -0.2) is 53.6 Å². The van der Waals surface area contributed by atoms with Crippen LogP contribution >= 0.6 is 0 Å². The Kier molecular flexibility index (Phi) is 11.5. The van der Waals surface area contributed by atoms with Crippen molar-refractivity contribution in [3.8, 4) is 23.0 Å². The molecule has 4 rings (SSSR count). The van der Waals surface area contributed by atoms with Crippen LogP contribution < -0.4 is 20.3 Å². The summed E-state index contributed by atoms with van der Waals surface area (Å²) in [7, 11) is 2.89. The molecule has 0 saturated heterocycles. The molecule has 0 spiro atoms. The van der Waals surface area contributed by atoms with Gasteiger partial charge >= 0.3 is 0 Å². The van der Waals surface area contributed by atoms with Gasteiger partial charge in [-0.25, -0.2) is 10.9 Å². The van der Waals surface area contributed by atoms with E-state index in [-0.39, 0.29) is 34.4 Å². The average molecular weight is 600 g/mol. The number of carbonyl (C=O) groups is 2. The summed E-state index contributed by atoms with van der Waals surface area (Å²) in [5.74, 6) is -0.313. The van der Waals surface area contributed by atoms with Crippen molar-refractivity contribution in [1.82, 2.24) is 10.9 Å². The Balaban J connectivity index is 0.000000241. The minimum atomic E-state index is -0.550. The summed E-state index contributed by atoms with van der Waals surface area (Å²) in [6.07, 6.45) is 2.63. The van der Waals surface area contributed by atoms with Crippen molar-refractivity contribution in [3.63, 3.8) is 0 Å². The van der Waals surface area contributed by atoms with Crippen molar-refractivity contribution in [3.05, 3.63) is 123 Å². The molecule has 0 atom stereocenters. The molecule has 0 heterocycles. The third-order valence-corrected chi connectivity index (χ3v) is 5.86. The lowest BCUT2D eigenvalue weighted by Gasteiger charge is -2.05. The van der Waals surface area contributed by atoms with Gasteiger partial charge in [0.25, 0.3) is 17.5 Å². The molecule has 0 aliphatic carbocycles. The number of nitrogens with zero attached hydrogens (tertiary/aromatic N) is 3. The molecule has 44 heavy (non-hydrogen) atoms. The van der Waals surface area contributed by atoms with E-state index in [0.717, 1.165) is 5.56 Å². The summed E-state index contributed by atoms with van der Waals surface area (Å²) in [5, 5.41) is 37.9. The zero-order valence-electron chi connectivity index (χ0n) is 23.9.